The van der Waals surface area contributed by atoms with E-state index in [1.807, 2.05) is 0 Å². The lowest BCUT2D eigenvalue weighted by molar-refractivity contribution is 1.64. The molecule has 0 radical (unpaired) electrons. The fraction of sp³-hybridized carbons (Fsp3) is 0. The minimum Gasteiger partial charge on any atom is -0.263 e. The largest absolute Gasteiger partial charge is 0.263 e. The Morgan fingerprint density at radius 1 is 1.57 bits per heavy atom. The normalized spacial score (nSPS) is 4.57. The molecular formula is C6H5N. The van der Waals surface area contributed by atoms with Gasteiger partial charge in [0, 0.05) is 0 Å². The summed E-state index contributed by atoms with van der Waals surface area (Å²) >= 11 is 0. The van der Waals surface area contributed by atoms with Crippen LogP contribution in [0.1, 0.15) is 0 Å². The van der Waals surface area contributed by atoms with Crippen LogP contribution in [-0.2, 0) is 0 Å². The van der Waals surface area contributed by atoms with Crippen molar-refractivity contribution in [2.75, 3.05) is 0 Å². The first-order valence-corrected chi connectivity index (χ1v) is 1.72. The Hall–Kier alpha value is -1.25. The molecule has 0 aromatic carbocycles. The van der Waals surface area contributed by atoms with Crippen LogP contribution in [0.5, 0.6) is 0 Å². The lowest BCUT2D eigenvalue weighted by Crippen LogP contribution is -1.32. The molecule has 0 aliphatic rings. The summed E-state index contributed by atoms with van der Waals surface area (Å²) in [6, 6.07) is 0. The summed E-state index contributed by atoms with van der Waals surface area (Å²) in [4.78, 5) is 3.36. The van der Waals surface area contributed by atoms with Crippen molar-refractivity contribution in [3.63, 3.8) is 0 Å². The highest BCUT2D eigenvalue weighted by atomic mass is 14.6. The van der Waals surface area contributed by atoms with E-state index in [9.17, 15) is 0 Å². The maximum Gasteiger partial charge on any atom is 0.0769 e. The second-order valence-corrected chi connectivity index (χ2v) is 0.758. The SMILES string of the molecule is C=C=C=C=CN=C. The van der Waals surface area contributed by atoms with E-state index in [-0.39, 0.29) is 0 Å². The van der Waals surface area contributed by atoms with Crippen LogP contribution in [0.25, 0.3) is 0 Å². The van der Waals surface area contributed by atoms with Gasteiger partial charge in [-0.05, 0) is 24.8 Å². The third kappa shape index (κ3) is 4.75. The molecule has 0 aliphatic heterocycles. The van der Waals surface area contributed by atoms with Crippen LogP contribution in [-0.4, -0.2) is 6.72 Å². The van der Waals surface area contributed by atoms with Crippen molar-refractivity contribution < 1.29 is 0 Å². The summed E-state index contributed by atoms with van der Waals surface area (Å²) in [7, 11) is 0. The first-order valence-electron chi connectivity index (χ1n) is 1.72. The van der Waals surface area contributed by atoms with Gasteiger partial charge in [0.05, 0.1) is 6.20 Å². The van der Waals surface area contributed by atoms with Crippen LogP contribution in [0.3, 0.4) is 0 Å². The molecule has 1 nitrogen and oxygen atoms in total. The summed E-state index contributed by atoms with van der Waals surface area (Å²) in [5.41, 5.74) is 7.33. The standard InChI is InChI=1S/C6H5N/c1-3-4-5-6-7-2/h6H,1-2H2. The fourth-order valence-electron chi connectivity index (χ4n) is 0.129. The van der Waals surface area contributed by atoms with Crippen molar-refractivity contribution in [3.8, 4) is 0 Å². The Labute approximate surface area is 42.7 Å². The first-order chi connectivity index (χ1) is 3.41. The highest BCUT2D eigenvalue weighted by Crippen LogP contribution is 1.59. The van der Waals surface area contributed by atoms with Crippen LogP contribution >= 0.6 is 0 Å². The summed E-state index contributed by atoms with van der Waals surface area (Å²) in [6.45, 7) is 6.43. The van der Waals surface area contributed by atoms with E-state index < -0.39 is 0 Å². The second kappa shape index (κ2) is 4.75. The first kappa shape index (κ1) is 5.75. The fourth-order valence-corrected chi connectivity index (χ4v) is 0.129. The van der Waals surface area contributed by atoms with Crippen molar-refractivity contribution in [3.05, 3.63) is 30.0 Å². The molecule has 0 bridgehead atoms. The number of nitrogens with zero attached hydrogens (tertiary/aromatic N) is 1. The van der Waals surface area contributed by atoms with Gasteiger partial charge in [-0.3, -0.25) is 4.99 Å². The molecule has 0 saturated carbocycles. The molecule has 0 aromatic rings. The molecule has 0 unspecified atom stereocenters. The maximum absolute atomic E-state index is 3.36. The van der Waals surface area contributed by atoms with E-state index in [1.165, 1.54) is 6.20 Å². The molecule has 0 spiro atoms. The van der Waals surface area contributed by atoms with E-state index in [1.54, 1.807) is 0 Å². The van der Waals surface area contributed by atoms with Crippen molar-refractivity contribution in [2.24, 2.45) is 4.99 Å². The topological polar surface area (TPSA) is 12.4 Å². The third-order valence-corrected chi connectivity index (χ3v) is 0.316. The smallest absolute Gasteiger partial charge is 0.0769 e. The van der Waals surface area contributed by atoms with Gasteiger partial charge < -0.3 is 0 Å². The van der Waals surface area contributed by atoms with E-state index in [0.29, 0.717) is 0 Å². The molecule has 1 heteroatoms. The zero-order valence-corrected chi connectivity index (χ0v) is 3.94. The average molecular weight is 91.1 g/mol. The number of hydrogen-bond donors (Lipinski definition) is 0. The van der Waals surface area contributed by atoms with Gasteiger partial charge in [-0.15, -0.1) is 0 Å². The lowest BCUT2D eigenvalue weighted by atomic mass is 10.7. The highest BCUT2D eigenvalue weighted by molar-refractivity contribution is 5.25. The Bertz CT molecular complexity index is 161. The number of hydrogen-bond acceptors (Lipinski definition) is 1. The quantitative estimate of drug-likeness (QED) is 0.340. The van der Waals surface area contributed by atoms with Crippen LogP contribution < -0.4 is 0 Å². The van der Waals surface area contributed by atoms with Crippen molar-refractivity contribution in [1.82, 2.24) is 0 Å². The predicted octanol–water partition coefficient (Wildman–Crippen LogP) is 1.30. The molecule has 0 rings (SSSR count). The monoisotopic (exact) mass is 91.0 g/mol. The zero-order valence-electron chi connectivity index (χ0n) is 3.94. The van der Waals surface area contributed by atoms with Crippen LogP contribution in [0, 0.1) is 0 Å². The Kier molecular flexibility index (Phi) is 3.90. The molecule has 0 amide bonds. The van der Waals surface area contributed by atoms with E-state index in [0.717, 1.165) is 0 Å². The van der Waals surface area contributed by atoms with Crippen LogP contribution in [0.2, 0.25) is 0 Å². The molecule has 0 atom stereocenters. The maximum atomic E-state index is 3.36. The van der Waals surface area contributed by atoms with E-state index in [2.05, 4.69) is 35.5 Å². The van der Waals surface area contributed by atoms with Gasteiger partial charge in [0.2, 0.25) is 0 Å². The van der Waals surface area contributed by atoms with Gasteiger partial charge in [0.1, 0.15) is 0 Å². The Morgan fingerprint density at radius 3 is 2.71 bits per heavy atom. The second-order valence-electron chi connectivity index (χ2n) is 0.758. The van der Waals surface area contributed by atoms with Crippen LogP contribution in [0.4, 0.5) is 0 Å². The van der Waals surface area contributed by atoms with E-state index in [4.69, 9.17) is 0 Å². The average Bonchev–Trinajstić information content (AvgIpc) is 1.69. The van der Waals surface area contributed by atoms with Gasteiger partial charge in [-0.25, -0.2) is 0 Å². The predicted molar refractivity (Wildman–Crippen MR) is 30.3 cm³/mol. The third-order valence-electron chi connectivity index (χ3n) is 0.316. The summed E-state index contributed by atoms with van der Waals surface area (Å²) in [6.07, 6.45) is 1.39. The van der Waals surface area contributed by atoms with Gasteiger partial charge in [-0.2, -0.15) is 0 Å². The van der Waals surface area contributed by atoms with Crippen LogP contribution in [0.15, 0.2) is 35.0 Å². The molecule has 34 valence electrons. The Morgan fingerprint density at radius 2 is 2.29 bits per heavy atom. The zero-order chi connectivity index (χ0) is 5.54. The summed E-state index contributed by atoms with van der Waals surface area (Å²) in [5.74, 6) is 0. The minimum atomic E-state index is 1.39. The van der Waals surface area contributed by atoms with Gasteiger partial charge in [-0.1, -0.05) is 5.73 Å². The molecule has 0 aromatic heterocycles. The molecule has 0 fully saturated rings. The van der Waals surface area contributed by atoms with Crippen molar-refractivity contribution in [2.45, 2.75) is 0 Å². The van der Waals surface area contributed by atoms with Crippen molar-refractivity contribution in [1.29, 1.82) is 0 Å². The van der Waals surface area contributed by atoms with Gasteiger partial charge >= 0.3 is 0 Å². The van der Waals surface area contributed by atoms with Gasteiger partial charge in [0.25, 0.3) is 0 Å². The molecule has 0 saturated heterocycles. The number of rotatable bonds is 1. The Balaban J connectivity index is 4.17. The lowest BCUT2D eigenvalue weighted by Gasteiger charge is -1.51. The minimum absolute atomic E-state index is 1.39. The molecule has 0 N–H and O–H groups in total. The number of aliphatic imine (C=N–C) groups is 1. The van der Waals surface area contributed by atoms with Gasteiger partial charge in [0.15, 0.2) is 0 Å². The highest BCUT2D eigenvalue weighted by Gasteiger charge is 1.40. The molecule has 0 heterocycles. The molecular weight excluding hydrogens is 86.1 g/mol. The van der Waals surface area contributed by atoms with E-state index >= 15 is 0 Å². The summed E-state index contributed by atoms with van der Waals surface area (Å²) < 4.78 is 0. The molecule has 0 aliphatic carbocycles. The van der Waals surface area contributed by atoms with Crippen molar-refractivity contribution >= 4 is 6.72 Å². The molecule has 7 heavy (non-hydrogen) atoms. The summed E-state index contributed by atoms with van der Waals surface area (Å²) in [5, 5.41) is 0.